The molecule has 1 aromatic carbocycles. The van der Waals surface area contributed by atoms with E-state index in [1.165, 1.54) is 11.3 Å². The first kappa shape index (κ1) is 17.6. The van der Waals surface area contributed by atoms with Gasteiger partial charge in [-0.25, -0.2) is 9.07 Å². The summed E-state index contributed by atoms with van der Waals surface area (Å²) in [5.74, 6) is -0.196. The van der Waals surface area contributed by atoms with E-state index in [4.69, 9.17) is 12.2 Å². The Morgan fingerprint density at radius 2 is 2.23 bits per heavy atom. The summed E-state index contributed by atoms with van der Waals surface area (Å²) >= 11 is 6.81. The smallest absolute Gasteiger partial charge is 0.225 e. The third kappa shape index (κ3) is 3.27. The molecule has 0 atom stereocenters. The molecule has 1 fully saturated rings. The largest absolute Gasteiger partial charge is 0.349 e. The number of amides is 1. The van der Waals surface area contributed by atoms with E-state index in [2.05, 4.69) is 11.2 Å². The van der Waals surface area contributed by atoms with Crippen LogP contribution in [0.1, 0.15) is 37.3 Å². The lowest BCUT2D eigenvalue weighted by atomic mass is 9.99. The molecule has 1 saturated carbocycles. The Hall–Kier alpha value is -1.80. The van der Waals surface area contributed by atoms with Crippen LogP contribution in [0.15, 0.2) is 12.1 Å². The molecule has 2 aromatic rings. The van der Waals surface area contributed by atoms with Crippen molar-refractivity contribution in [3.63, 3.8) is 0 Å². The van der Waals surface area contributed by atoms with Crippen LogP contribution in [0.3, 0.4) is 0 Å². The van der Waals surface area contributed by atoms with Gasteiger partial charge < -0.3 is 4.90 Å². The van der Waals surface area contributed by atoms with Crippen molar-refractivity contribution in [3.05, 3.63) is 33.0 Å². The number of hydrogen-bond donors (Lipinski definition) is 0. The van der Waals surface area contributed by atoms with Crippen LogP contribution in [0.25, 0.3) is 0 Å². The fourth-order valence-corrected chi connectivity index (χ4v) is 4.79. The summed E-state index contributed by atoms with van der Waals surface area (Å²) in [5, 5.41) is 5.22. The van der Waals surface area contributed by atoms with E-state index >= 15 is 0 Å². The summed E-state index contributed by atoms with van der Waals surface area (Å²) in [5.41, 5.74) is 2.64. The minimum Gasteiger partial charge on any atom is -0.349 e. The van der Waals surface area contributed by atoms with Crippen molar-refractivity contribution < 1.29 is 9.18 Å². The fourth-order valence-electron chi connectivity index (χ4n) is 3.59. The molecule has 2 heterocycles. The topological polar surface area (TPSA) is 41.4 Å². The summed E-state index contributed by atoms with van der Waals surface area (Å²) in [6.45, 7) is 4.64. The maximum atomic E-state index is 14.6. The predicted octanol–water partition coefficient (Wildman–Crippen LogP) is 4.05. The molecule has 0 radical (unpaired) electrons. The minimum absolute atomic E-state index is 0.00626. The number of carbonyl (C=O) groups is 1. The van der Waals surface area contributed by atoms with Gasteiger partial charge in [-0.3, -0.25) is 9.69 Å². The molecule has 1 aliphatic carbocycles. The number of hydrogen-bond acceptors (Lipinski definition) is 5. The highest BCUT2D eigenvalue weighted by molar-refractivity contribution is 7.73. The van der Waals surface area contributed by atoms with Gasteiger partial charge in [-0.15, -0.1) is 5.10 Å². The van der Waals surface area contributed by atoms with Crippen LogP contribution in [0, 0.1) is 16.7 Å². The average molecular weight is 393 g/mol. The zero-order valence-corrected chi connectivity index (χ0v) is 16.5. The number of aromatic nitrogens is 2. The number of rotatable bonds is 4. The first-order valence-electron chi connectivity index (χ1n) is 8.86. The number of fused-ring (bicyclic) bond motifs is 1. The molecule has 1 aliphatic heterocycles. The molecule has 8 heteroatoms. The van der Waals surface area contributed by atoms with Gasteiger partial charge in [-0.05, 0) is 62.0 Å². The normalized spacial score (nSPS) is 16.5. The zero-order valence-electron chi connectivity index (χ0n) is 14.9. The van der Waals surface area contributed by atoms with Crippen molar-refractivity contribution in [1.82, 2.24) is 9.78 Å². The molecule has 0 spiro atoms. The Bertz CT molecular complexity index is 918. The van der Waals surface area contributed by atoms with E-state index in [9.17, 15) is 9.18 Å². The monoisotopic (exact) mass is 392 g/mol. The van der Waals surface area contributed by atoms with E-state index in [0.29, 0.717) is 21.4 Å². The molecule has 0 N–H and O–H groups in total. The van der Waals surface area contributed by atoms with Gasteiger partial charge in [0.2, 0.25) is 11.0 Å². The Kier molecular flexibility index (Phi) is 4.56. The molecule has 0 saturated heterocycles. The SMILES string of the molecule is CC(=O)N(c1nn(CN2CCCc3cc(C)cc(F)c32)c(=S)s1)C1CC1. The number of anilines is 2. The van der Waals surface area contributed by atoms with E-state index in [1.54, 1.807) is 22.6 Å². The minimum atomic E-state index is -0.190. The molecule has 5 nitrogen and oxygen atoms in total. The molecule has 1 aromatic heterocycles. The summed E-state index contributed by atoms with van der Waals surface area (Å²) in [6, 6.07) is 3.88. The first-order valence-corrected chi connectivity index (χ1v) is 10.1. The number of carbonyl (C=O) groups excluding carboxylic acids is 1. The lowest BCUT2D eigenvalue weighted by molar-refractivity contribution is -0.116. The summed E-state index contributed by atoms with van der Waals surface area (Å²) in [7, 11) is 0. The van der Waals surface area contributed by atoms with Gasteiger partial charge in [0.1, 0.15) is 12.5 Å². The number of aryl methyl sites for hydroxylation is 2. The molecule has 1 amide bonds. The van der Waals surface area contributed by atoms with Crippen molar-refractivity contribution in [2.24, 2.45) is 0 Å². The van der Waals surface area contributed by atoms with Crippen LogP contribution < -0.4 is 9.80 Å². The first-order chi connectivity index (χ1) is 12.4. The van der Waals surface area contributed by atoms with Crippen LogP contribution in [-0.2, 0) is 17.9 Å². The Morgan fingerprint density at radius 3 is 2.92 bits per heavy atom. The molecule has 138 valence electrons. The quantitative estimate of drug-likeness (QED) is 0.736. The summed E-state index contributed by atoms with van der Waals surface area (Å²) < 4.78 is 16.9. The molecular weight excluding hydrogens is 371 g/mol. The maximum Gasteiger partial charge on any atom is 0.225 e. The number of halogens is 1. The number of nitrogens with zero attached hydrogens (tertiary/aromatic N) is 4. The second-order valence-electron chi connectivity index (χ2n) is 7.03. The van der Waals surface area contributed by atoms with Crippen molar-refractivity contribution in [2.45, 2.75) is 52.2 Å². The van der Waals surface area contributed by atoms with Crippen LogP contribution in [0.4, 0.5) is 15.2 Å². The lowest BCUT2D eigenvalue weighted by Gasteiger charge is -2.31. The Morgan fingerprint density at radius 1 is 1.46 bits per heavy atom. The van der Waals surface area contributed by atoms with Crippen LogP contribution in [0.2, 0.25) is 0 Å². The molecule has 0 unspecified atom stereocenters. The van der Waals surface area contributed by atoms with E-state index in [1.807, 2.05) is 11.8 Å². The average Bonchev–Trinajstić information content (AvgIpc) is 3.31. The molecule has 4 rings (SSSR count). The zero-order chi connectivity index (χ0) is 18.4. The van der Waals surface area contributed by atoms with Gasteiger partial charge in [-0.1, -0.05) is 17.4 Å². The van der Waals surface area contributed by atoms with Crippen molar-refractivity contribution in [2.75, 3.05) is 16.3 Å². The maximum absolute atomic E-state index is 14.6. The Labute approximate surface area is 161 Å². The van der Waals surface area contributed by atoms with Gasteiger partial charge in [0.05, 0.1) is 5.69 Å². The van der Waals surface area contributed by atoms with E-state index in [0.717, 1.165) is 43.4 Å². The highest BCUT2D eigenvalue weighted by Crippen LogP contribution is 2.35. The van der Waals surface area contributed by atoms with Gasteiger partial charge >= 0.3 is 0 Å². The Balaban J connectivity index is 1.63. The van der Waals surface area contributed by atoms with E-state index < -0.39 is 0 Å². The second kappa shape index (κ2) is 6.74. The fraction of sp³-hybridized carbons (Fsp3) is 0.500. The standard InChI is InChI=1S/C18H21FN4OS2/c1-11-8-13-4-3-7-21(16(13)15(19)9-11)10-22-18(25)26-17(20-22)23(12(2)24)14-5-6-14/h8-9,14H,3-7,10H2,1-2H3. The molecular formula is C18H21FN4OS2. The lowest BCUT2D eigenvalue weighted by Crippen LogP contribution is -2.34. The van der Waals surface area contributed by atoms with Gasteiger partial charge in [0.15, 0.2) is 3.95 Å². The molecule has 26 heavy (non-hydrogen) atoms. The summed E-state index contributed by atoms with van der Waals surface area (Å²) in [6.07, 6.45) is 3.88. The third-order valence-electron chi connectivity index (χ3n) is 4.83. The van der Waals surface area contributed by atoms with Gasteiger partial charge in [-0.2, -0.15) is 0 Å². The second-order valence-corrected chi connectivity index (χ2v) is 8.63. The van der Waals surface area contributed by atoms with E-state index in [-0.39, 0.29) is 17.8 Å². The van der Waals surface area contributed by atoms with Crippen molar-refractivity contribution in [3.8, 4) is 0 Å². The van der Waals surface area contributed by atoms with Gasteiger partial charge in [0.25, 0.3) is 0 Å². The van der Waals surface area contributed by atoms with Crippen molar-refractivity contribution in [1.29, 1.82) is 0 Å². The highest BCUT2D eigenvalue weighted by Gasteiger charge is 2.34. The summed E-state index contributed by atoms with van der Waals surface area (Å²) in [4.78, 5) is 15.7. The third-order valence-corrected chi connectivity index (χ3v) is 6.14. The van der Waals surface area contributed by atoms with Gasteiger partial charge in [0, 0.05) is 19.5 Å². The predicted molar refractivity (Wildman–Crippen MR) is 104 cm³/mol. The van der Waals surface area contributed by atoms with Crippen LogP contribution >= 0.6 is 23.6 Å². The molecule has 0 bridgehead atoms. The highest BCUT2D eigenvalue weighted by atomic mass is 32.1. The van der Waals surface area contributed by atoms with Crippen LogP contribution in [0.5, 0.6) is 0 Å². The number of benzene rings is 1. The van der Waals surface area contributed by atoms with Crippen LogP contribution in [-0.4, -0.2) is 28.3 Å². The van der Waals surface area contributed by atoms with Crippen molar-refractivity contribution >= 4 is 40.3 Å². The molecule has 2 aliphatic rings.